The Hall–Kier alpha value is -4.72. The van der Waals surface area contributed by atoms with Gasteiger partial charge in [-0.25, -0.2) is 4.79 Å². The van der Waals surface area contributed by atoms with Crippen molar-refractivity contribution in [3.8, 4) is 11.3 Å². The SMILES string of the molecule is Cn1c(=O)c2c(-c3ccncc3)n(Cc3cccc4ccccc34)nc2n(CCCn2cccc2)c1=O. The van der Waals surface area contributed by atoms with E-state index < -0.39 is 0 Å². The summed E-state index contributed by atoms with van der Waals surface area (Å²) in [5, 5.41) is 7.61. The van der Waals surface area contributed by atoms with Crippen molar-refractivity contribution in [3.05, 3.63) is 118 Å². The smallest absolute Gasteiger partial charge is 0.332 e. The topological polar surface area (TPSA) is 79.6 Å². The number of pyridine rings is 1. The molecule has 8 nitrogen and oxygen atoms in total. The molecule has 0 spiro atoms. The van der Waals surface area contributed by atoms with Gasteiger partial charge in [-0.15, -0.1) is 0 Å². The van der Waals surface area contributed by atoms with Gasteiger partial charge in [-0.3, -0.25) is 23.6 Å². The number of hydrogen-bond acceptors (Lipinski definition) is 4. The quantitative estimate of drug-likeness (QED) is 0.338. The van der Waals surface area contributed by atoms with Crippen LogP contribution >= 0.6 is 0 Å². The Bertz CT molecular complexity index is 1820. The average molecular weight is 491 g/mol. The molecule has 6 aromatic rings. The summed E-state index contributed by atoms with van der Waals surface area (Å²) in [6.45, 7) is 1.66. The highest BCUT2D eigenvalue weighted by Crippen LogP contribution is 2.28. The first kappa shape index (κ1) is 22.7. The van der Waals surface area contributed by atoms with Gasteiger partial charge in [0.2, 0.25) is 0 Å². The normalized spacial score (nSPS) is 11.5. The number of aromatic nitrogens is 6. The van der Waals surface area contributed by atoms with Crippen LogP contribution in [0.5, 0.6) is 0 Å². The minimum atomic E-state index is -0.360. The third kappa shape index (κ3) is 4.06. The molecule has 0 N–H and O–H groups in total. The lowest BCUT2D eigenvalue weighted by atomic mass is 10.0. The predicted molar refractivity (Wildman–Crippen MR) is 145 cm³/mol. The van der Waals surface area contributed by atoms with Crippen molar-refractivity contribution in [1.82, 2.24) is 28.5 Å². The summed E-state index contributed by atoms with van der Waals surface area (Å²) in [7, 11) is 1.53. The van der Waals surface area contributed by atoms with Crippen molar-refractivity contribution in [2.75, 3.05) is 0 Å². The van der Waals surface area contributed by atoms with Crippen molar-refractivity contribution in [1.29, 1.82) is 0 Å². The van der Waals surface area contributed by atoms with E-state index in [1.807, 2.05) is 59.5 Å². The average Bonchev–Trinajstić information content (AvgIpc) is 3.58. The van der Waals surface area contributed by atoms with Gasteiger partial charge < -0.3 is 4.57 Å². The van der Waals surface area contributed by atoms with Crippen LogP contribution < -0.4 is 11.2 Å². The Morgan fingerprint density at radius 3 is 2.41 bits per heavy atom. The van der Waals surface area contributed by atoms with E-state index in [9.17, 15) is 9.59 Å². The van der Waals surface area contributed by atoms with Crippen molar-refractivity contribution in [3.63, 3.8) is 0 Å². The second-order valence-corrected chi connectivity index (χ2v) is 9.15. The lowest BCUT2D eigenvalue weighted by Gasteiger charge is -2.10. The molecule has 4 aromatic heterocycles. The fourth-order valence-corrected chi connectivity index (χ4v) is 5.00. The van der Waals surface area contributed by atoms with Gasteiger partial charge in [0.25, 0.3) is 5.56 Å². The van der Waals surface area contributed by atoms with Gasteiger partial charge in [-0.05, 0) is 47.0 Å². The molecule has 0 saturated heterocycles. The molecule has 37 heavy (non-hydrogen) atoms. The third-order valence-electron chi connectivity index (χ3n) is 6.84. The minimum absolute atomic E-state index is 0.349. The highest BCUT2D eigenvalue weighted by molar-refractivity contribution is 5.91. The zero-order chi connectivity index (χ0) is 25.4. The molecule has 8 heteroatoms. The van der Waals surface area contributed by atoms with E-state index in [-0.39, 0.29) is 11.2 Å². The molecule has 0 aliphatic rings. The van der Waals surface area contributed by atoms with E-state index in [2.05, 4.69) is 33.8 Å². The second kappa shape index (κ2) is 9.39. The van der Waals surface area contributed by atoms with Crippen LogP contribution in [0.2, 0.25) is 0 Å². The van der Waals surface area contributed by atoms with Gasteiger partial charge in [-0.2, -0.15) is 5.10 Å². The molecular weight excluding hydrogens is 464 g/mol. The Labute approximate surface area is 212 Å². The van der Waals surface area contributed by atoms with Gasteiger partial charge in [-0.1, -0.05) is 42.5 Å². The standard InChI is InChI=1S/C29H26N6O2/c1-32-28(36)25-26(22-12-14-30-15-13-22)35(20-23-10-6-9-21-8-2-3-11-24(21)23)31-27(25)34(29(32)37)19-7-18-33-16-4-5-17-33/h2-6,8-17H,7,18-20H2,1H3. The number of nitrogens with zero attached hydrogens (tertiary/aromatic N) is 6. The van der Waals surface area contributed by atoms with E-state index in [1.165, 1.54) is 11.6 Å². The molecule has 184 valence electrons. The third-order valence-corrected chi connectivity index (χ3v) is 6.84. The number of hydrogen-bond donors (Lipinski definition) is 0. The number of aryl methyl sites for hydroxylation is 2. The Kier molecular flexibility index (Phi) is 5.76. The molecule has 0 fully saturated rings. The summed E-state index contributed by atoms with van der Waals surface area (Å²) >= 11 is 0. The molecule has 0 amide bonds. The Morgan fingerprint density at radius 2 is 1.59 bits per heavy atom. The van der Waals surface area contributed by atoms with Gasteiger partial charge in [0, 0.05) is 50.5 Å². The number of benzene rings is 2. The fraction of sp³-hybridized carbons (Fsp3) is 0.172. The maximum Gasteiger partial charge on any atom is 0.332 e. The van der Waals surface area contributed by atoms with Crippen LogP contribution in [-0.4, -0.2) is 28.5 Å². The Balaban J connectivity index is 1.54. The number of fused-ring (bicyclic) bond motifs is 2. The minimum Gasteiger partial charge on any atom is -0.354 e. The first-order valence-corrected chi connectivity index (χ1v) is 12.3. The van der Waals surface area contributed by atoms with E-state index in [0.717, 1.165) is 34.9 Å². The summed E-state index contributed by atoms with van der Waals surface area (Å²) in [6, 6.07) is 22.1. The molecule has 0 atom stereocenters. The monoisotopic (exact) mass is 490 g/mol. The first-order valence-electron chi connectivity index (χ1n) is 12.3. The Morgan fingerprint density at radius 1 is 0.838 bits per heavy atom. The molecule has 4 heterocycles. The maximum atomic E-state index is 13.5. The van der Waals surface area contributed by atoms with Crippen LogP contribution in [0, 0.1) is 0 Å². The summed E-state index contributed by atoms with van der Waals surface area (Å²) in [5.41, 5.74) is 2.29. The van der Waals surface area contributed by atoms with Gasteiger partial charge >= 0.3 is 5.69 Å². The molecule has 0 unspecified atom stereocenters. The fourth-order valence-electron chi connectivity index (χ4n) is 5.00. The summed E-state index contributed by atoms with van der Waals surface area (Å²) in [6.07, 6.45) is 8.13. The highest BCUT2D eigenvalue weighted by Gasteiger charge is 2.22. The van der Waals surface area contributed by atoms with Crippen molar-refractivity contribution < 1.29 is 0 Å². The van der Waals surface area contributed by atoms with E-state index >= 15 is 0 Å². The van der Waals surface area contributed by atoms with Crippen LogP contribution in [-0.2, 0) is 26.7 Å². The van der Waals surface area contributed by atoms with Crippen LogP contribution in [0.4, 0.5) is 0 Å². The van der Waals surface area contributed by atoms with Crippen LogP contribution in [0.1, 0.15) is 12.0 Å². The molecule has 6 rings (SSSR count). The van der Waals surface area contributed by atoms with E-state index in [1.54, 1.807) is 17.0 Å². The van der Waals surface area contributed by atoms with Crippen LogP contribution in [0.15, 0.2) is 101 Å². The zero-order valence-electron chi connectivity index (χ0n) is 20.5. The van der Waals surface area contributed by atoms with Crippen molar-refractivity contribution in [2.45, 2.75) is 26.1 Å². The highest BCUT2D eigenvalue weighted by atomic mass is 16.2. The summed E-state index contributed by atoms with van der Waals surface area (Å²) < 4.78 is 6.74. The van der Waals surface area contributed by atoms with Gasteiger partial charge in [0.15, 0.2) is 5.65 Å². The van der Waals surface area contributed by atoms with Crippen molar-refractivity contribution >= 4 is 21.8 Å². The molecule has 0 radical (unpaired) electrons. The lowest BCUT2D eigenvalue weighted by molar-refractivity contribution is 0.538. The molecule has 0 aliphatic carbocycles. The summed E-state index contributed by atoms with van der Waals surface area (Å²) in [4.78, 5) is 30.9. The zero-order valence-corrected chi connectivity index (χ0v) is 20.5. The molecule has 0 bridgehead atoms. The van der Waals surface area contributed by atoms with Crippen molar-refractivity contribution in [2.24, 2.45) is 7.05 Å². The van der Waals surface area contributed by atoms with E-state index in [0.29, 0.717) is 29.8 Å². The van der Waals surface area contributed by atoms with Gasteiger partial charge in [0.05, 0.1) is 12.2 Å². The van der Waals surface area contributed by atoms with Gasteiger partial charge in [0.1, 0.15) is 5.39 Å². The molecule has 0 aliphatic heterocycles. The van der Waals surface area contributed by atoms with Crippen LogP contribution in [0.25, 0.3) is 33.1 Å². The molecular formula is C29H26N6O2. The number of rotatable bonds is 7. The maximum absolute atomic E-state index is 13.5. The molecule has 2 aromatic carbocycles. The van der Waals surface area contributed by atoms with E-state index in [4.69, 9.17) is 5.10 Å². The predicted octanol–water partition coefficient (Wildman–Crippen LogP) is 4.05. The largest absolute Gasteiger partial charge is 0.354 e. The summed E-state index contributed by atoms with van der Waals surface area (Å²) in [5.74, 6) is 0. The second-order valence-electron chi connectivity index (χ2n) is 9.15. The first-order chi connectivity index (χ1) is 18.1. The lowest BCUT2D eigenvalue weighted by Crippen LogP contribution is -2.38. The molecule has 0 saturated carbocycles. The van der Waals surface area contributed by atoms with Crippen LogP contribution in [0.3, 0.4) is 0 Å².